The van der Waals surface area contributed by atoms with Crippen molar-refractivity contribution in [1.82, 2.24) is 14.8 Å². The highest BCUT2D eigenvalue weighted by Crippen LogP contribution is 2.24. The maximum Gasteiger partial charge on any atom is 0.0271 e. The summed E-state index contributed by atoms with van der Waals surface area (Å²) in [6.07, 6.45) is 15.1. The zero-order valence-corrected chi connectivity index (χ0v) is 13.8. The summed E-state index contributed by atoms with van der Waals surface area (Å²) in [5, 5.41) is 0. The molecule has 2 aliphatic rings. The van der Waals surface area contributed by atoms with E-state index in [4.69, 9.17) is 0 Å². The van der Waals surface area contributed by atoms with E-state index in [0.29, 0.717) is 0 Å². The van der Waals surface area contributed by atoms with Crippen molar-refractivity contribution in [3.63, 3.8) is 0 Å². The number of hydrogen-bond donors (Lipinski definition) is 0. The van der Waals surface area contributed by atoms with Gasteiger partial charge in [0.05, 0.1) is 0 Å². The maximum atomic E-state index is 4.16. The number of rotatable bonds is 5. The molecule has 1 unspecified atom stereocenters. The van der Waals surface area contributed by atoms with Crippen molar-refractivity contribution >= 4 is 0 Å². The van der Waals surface area contributed by atoms with Crippen LogP contribution < -0.4 is 0 Å². The molecule has 1 aromatic rings. The van der Waals surface area contributed by atoms with Gasteiger partial charge in [0.1, 0.15) is 0 Å². The molecule has 0 amide bonds. The minimum absolute atomic E-state index is 0.746. The second-order valence-corrected chi connectivity index (χ2v) is 6.97. The number of piperidine rings is 1. The lowest BCUT2D eigenvalue weighted by Crippen LogP contribution is -2.45. The third kappa shape index (κ3) is 4.40. The lowest BCUT2D eigenvalue weighted by molar-refractivity contribution is 0.0961. The Kier molecular flexibility index (Phi) is 5.63. The van der Waals surface area contributed by atoms with Gasteiger partial charge < -0.3 is 4.90 Å². The summed E-state index contributed by atoms with van der Waals surface area (Å²) in [6, 6.07) is 5.08. The van der Waals surface area contributed by atoms with Gasteiger partial charge in [0.15, 0.2) is 0 Å². The first-order valence-electron chi connectivity index (χ1n) is 8.78. The molecule has 0 bridgehead atoms. The third-order valence-electron chi connectivity index (χ3n) is 5.21. The Morgan fingerprint density at radius 2 is 1.91 bits per heavy atom. The molecule has 2 heterocycles. The first-order valence-corrected chi connectivity index (χ1v) is 8.78. The topological polar surface area (TPSA) is 19.4 Å². The molecule has 22 heavy (non-hydrogen) atoms. The highest BCUT2D eigenvalue weighted by atomic mass is 15.2. The van der Waals surface area contributed by atoms with E-state index in [2.05, 4.69) is 46.1 Å². The lowest BCUT2D eigenvalue weighted by atomic mass is 9.92. The zero-order chi connectivity index (χ0) is 15.2. The number of likely N-dealkylation sites (tertiary alicyclic amines) is 1. The first kappa shape index (κ1) is 15.7. The van der Waals surface area contributed by atoms with E-state index < -0.39 is 0 Å². The van der Waals surface area contributed by atoms with Crippen LogP contribution in [-0.4, -0.2) is 47.5 Å². The Hall–Kier alpha value is -1.19. The van der Waals surface area contributed by atoms with Crippen LogP contribution in [0.5, 0.6) is 0 Å². The minimum atomic E-state index is 0.746. The van der Waals surface area contributed by atoms with E-state index in [-0.39, 0.29) is 0 Å². The van der Waals surface area contributed by atoms with Crippen molar-refractivity contribution in [2.45, 2.75) is 44.7 Å². The van der Waals surface area contributed by atoms with Crippen LogP contribution in [0, 0.1) is 5.92 Å². The highest BCUT2D eigenvalue weighted by Gasteiger charge is 2.25. The van der Waals surface area contributed by atoms with Gasteiger partial charge in [-0.25, -0.2) is 0 Å². The monoisotopic (exact) mass is 299 g/mol. The standard InChI is InChI=1S/C19H29N3/c1-21-13-9-19(10-14-21)22(15-17-5-3-2-4-6-17)16-18-7-11-20-12-8-18/h2-3,7-8,11-12,17,19H,4-6,9-10,13-16H2,1H3. The van der Waals surface area contributed by atoms with Crippen molar-refractivity contribution in [1.29, 1.82) is 0 Å². The molecule has 0 aromatic carbocycles. The fraction of sp³-hybridized carbons (Fsp3) is 0.632. The van der Waals surface area contributed by atoms with Crippen molar-refractivity contribution in [2.24, 2.45) is 5.92 Å². The predicted molar refractivity (Wildman–Crippen MR) is 91.6 cm³/mol. The van der Waals surface area contributed by atoms with Crippen LogP contribution in [0.15, 0.2) is 36.7 Å². The molecule has 1 atom stereocenters. The molecule has 0 saturated carbocycles. The largest absolute Gasteiger partial charge is 0.306 e. The Labute approximate surface area is 135 Å². The smallest absolute Gasteiger partial charge is 0.0271 e. The van der Waals surface area contributed by atoms with Crippen LogP contribution in [0.3, 0.4) is 0 Å². The van der Waals surface area contributed by atoms with Crippen molar-refractivity contribution in [2.75, 3.05) is 26.7 Å². The predicted octanol–water partition coefficient (Wildman–Crippen LogP) is 3.33. The molecule has 1 aromatic heterocycles. The van der Waals surface area contributed by atoms with E-state index in [1.54, 1.807) is 0 Å². The summed E-state index contributed by atoms with van der Waals surface area (Å²) in [6.45, 7) is 4.81. The summed E-state index contributed by atoms with van der Waals surface area (Å²) in [5.41, 5.74) is 1.40. The molecular formula is C19H29N3. The number of hydrogen-bond acceptors (Lipinski definition) is 3. The molecule has 1 aliphatic carbocycles. The fourth-order valence-corrected chi connectivity index (χ4v) is 3.78. The number of aromatic nitrogens is 1. The molecule has 0 radical (unpaired) electrons. The first-order chi connectivity index (χ1) is 10.8. The van der Waals surface area contributed by atoms with Crippen LogP contribution in [0.25, 0.3) is 0 Å². The number of allylic oxidation sites excluding steroid dienone is 2. The Bertz CT molecular complexity index is 463. The average molecular weight is 299 g/mol. The molecule has 120 valence electrons. The second kappa shape index (κ2) is 7.89. The van der Waals surface area contributed by atoms with E-state index in [1.807, 2.05) is 12.4 Å². The van der Waals surface area contributed by atoms with Gasteiger partial charge in [-0.2, -0.15) is 0 Å². The summed E-state index contributed by atoms with van der Waals surface area (Å²) >= 11 is 0. The summed E-state index contributed by atoms with van der Waals surface area (Å²) < 4.78 is 0. The van der Waals surface area contributed by atoms with Crippen LogP contribution >= 0.6 is 0 Å². The molecule has 1 fully saturated rings. The highest BCUT2D eigenvalue weighted by molar-refractivity contribution is 5.10. The summed E-state index contributed by atoms with van der Waals surface area (Å²) in [4.78, 5) is 9.38. The SMILES string of the molecule is CN1CCC(N(Cc2ccncc2)CC2CC=CCC2)CC1. The van der Waals surface area contributed by atoms with E-state index in [9.17, 15) is 0 Å². The molecule has 1 aliphatic heterocycles. The fourth-order valence-electron chi connectivity index (χ4n) is 3.78. The van der Waals surface area contributed by atoms with Gasteiger partial charge in [-0.1, -0.05) is 12.2 Å². The summed E-state index contributed by atoms with van der Waals surface area (Å²) in [5.74, 6) is 0.839. The van der Waals surface area contributed by atoms with Crippen LogP contribution in [0.2, 0.25) is 0 Å². The average Bonchev–Trinajstić information content (AvgIpc) is 2.57. The van der Waals surface area contributed by atoms with E-state index in [0.717, 1.165) is 18.5 Å². The molecule has 3 heteroatoms. The van der Waals surface area contributed by atoms with Gasteiger partial charge in [-0.3, -0.25) is 9.88 Å². The van der Waals surface area contributed by atoms with Gasteiger partial charge in [0.25, 0.3) is 0 Å². The van der Waals surface area contributed by atoms with Gasteiger partial charge in [0.2, 0.25) is 0 Å². The lowest BCUT2D eigenvalue weighted by Gasteiger charge is -2.39. The number of pyridine rings is 1. The van der Waals surface area contributed by atoms with Crippen LogP contribution in [0.4, 0.5) is 0 Å². The molecule has 1 saturated heterocycles. The van der Waals surface area contributed by atoms with Gasteiger partial charge in [-0.15, -0.1) is 0 Å². The molecule has 3 rings (SSSR count). The zero-order valence-electron chi connectivity index (χ0n) is 13.8. The van der Waals surface area contributed by atoms with Crippen LogP contribution in [0.1, 0.15) is 37.7 Å². The van der Waals surface area contributed by atoms with E-state index >= 15 is 0 Å². The van der Waals surface area contributed by atoms with Gasteiger partial charge >= 0.3 is 0 Å². The van der Waals surface area contributed by atoms with Crippen molar-refractivity contribution in [3.05, 3.63) is 42.2 Å². The Balaban J connectivity index is 1.65. The summed E-state index contributed by atoms with van der Waals surface area (Å²) in [7, 11) is 2.25. The number of nitrogens with zero attached hydrogens (tertiary/aromatic N) is 3. The van der Waals surface area contributed by atoms with Crippen molar-refractivity contribution < 1.29 is 0 Å². The maximum absolute atomic E-state index is 4.16. The van der Waals surface area contributed by atoms with Crippen molar-refractivity contribution in [3.8, 4) is 0 Å². The normalized spacial score (nSPS) is 24.0. The Morgan fingerprint density at radius 1 is 1.14 bits per heavy atom. The molecular weight excluding hydrogens is 270 g/mol. The molecule has 0 N–H and O–H groups in total. The second-order valence-electron chi connectivity index (χ2n) is 6.97. The third-order valence-corrected chi connectivity index (χ3v) is 5.21. The van der Waals surface area contributed by atoms with E-state index in [1.165, 1.54) is 57.3 Å². The molecule has 3 nitrogen and oxygen atoms in total. The molecule has 0 spiro atoms. The van der Waals surface area contributed by atoms with Gasteiger partial charge in [0, 0.05) is 31.5 Å². The van der Waals surface area contributed by atoms with Gasteiger partial charge in [-0.05, 0) is 75.9 Å². The quantitative estimate of drug-likeness (QED) is 0.777. The van der Waals surface area contributed by atoms with Crippen LogP contribution in [-0.2, 0) is 6.54 Å². The Morgan fingerprint density at radius 3 is 2.59 bits per heavy atom. The minimum Gasteiger partial charge on any atom is -0.306 e.